The van der Waals surface area contributed by atoms with Crippen LogP contribution in [0.15, 0.2) is 46.9 Å². The number of nitrogens with two attached hydrogens (primary N) is 1. The van der Waals surface area contributed by atoms with Crippen LogP contribution in [0.4, 0.5) is 8.78 Å². The lowest BCUT2D eigenvalue weighted by Crippen LogP contribution is -2.29. The molecule has 0 bridgehead atoms. The minimum atomic E-state index is -1.01. The number of rotatable bonds is 4. The Bertz CT molecular complexity index is 604. The molecule has 0 spiro atoms. The van der Waals surface area contributed by atoms with Gasteiger partial charge in [0.15, 0.2) is 11.6 Å². The third kappa shape index (κ3) is 3.35. The first kappa shape index (κ1) is 14.9. The summed E-state index contributed by atoms with van der Waals surface area (Å²) in [6.45, 7) is 1.75. The van der Waals surface area contributed by atoms with Crippen molar-refractivity contribution in [3.8, 4) is 5.75 Å². The minimum absolute atomic E-state index is 0.146. The number of hydrogen-bond donors (Lipinski definition) is 1. The third-order valence-electron chi connectivity index (χ3n) is 2.82. The van der Waals surface area contributed by atoms with Crippen molar-refractivity contribution in [2.24, 2.45) is 5.73 Å². The summed E-state index contributed by atoms with van der Waals surface area (Å²) in [6.07, 6.45) is -0.566. The Balaban J connectivity index is 2.33. The van der Waals surface area contributed by atoms with Gasteiger partial charge in [0.05, 0.1) is 0 Å². The van der Waals surface area contributed by atoms with Gasteiger partial charge in [-0.05, 0) is 36.8 Å². The van der Waals surface area contributed by atoms with Gasteiger partial charge in [0.1, 0.15) is 6.10 Å². The molecule has 2 aromatic rings. The summed E-state index contributed by atoms with van der Waals surface area (Å²) in [5.74, 6) is -2.10. The van der Waals surface area contributed by atoms with E-state index < -0.39 is 17.7 Å². The maximum Gasteiger partial charge on any atom is 0.200 e. The van der Waals surface area contributed by atoms with Gasteiger partial charge in [0.2, 0.25) is 5.82 Å². The van der Waals surface area contributed by atoms with Crippen LogP contribution in [0, 0.1) is 11.6 Å². The van der Waals surface area contributed by atoms with Crippen LogP contribution >= 0.6 is 15.9 Å². The molecular weight excluding hydrogens is 328 g/mol. The Kier molecular flexibility index (Phi) is 4.73. The molecule has 2 atom stereocenters. The Hall–Kier alpha value is -1.46. The molecule has 5 heteroatoms. The van der Waals surface area contributed by atoms with E-state index in [0.717, 1.165) is 16.1 Å². The molecule has 2 nitrogen and oxygen atoms in total. The van der Waals surface area contributed by atoms with Crippen molar-refractivity contribution in [1.82, 2.24) is 0 Å². The van der Waals surface area contributed by atoms with Crippen LogP contribution in [0.25, 0.3) is 0 Å². The van der Waals surface area contributed by atoms with Gasteiger partial charge in [0, 0.05) is 10.5 Å². The fraction of sp³-hybridized carbons (Fsp3) is 0.200. The lowest BCUT2D eigenvalue weighted by Gasteiger charge is -2.23. The van der Waals surface area contributed by atoms with Gasteiger partial charge in [-0.2, -0.15) is 4.39 Å². The van der Waals surface area contributed by atoms with Crippen LogP contribution in [0.2, 0.25) is 0 Å². The molecule has 0 heterocycles. The normalized spacial score (nSPS) is 13.8. The zero-order valence-electron chi connectivity index (χ0n) is 10.8. The molecule has 2 unspecified atom stereocenters. The summed E-state index contributed by atoms with van der Waals surface area (Å²) >= 11 is 3.36. The molecule has 20 heavy (non-hydrogen) atoms. The molecule has 2 rings (SSSR count). The van der Waals surface area contributed by atoms with E-state index in [2.05, 4.69) is 15.9 Å². The highest BCUT2D eigenvalue weighted by Gasteiger charge is 2.21. The second-order valence-electron chi connectivity index (χ2n) is 4.50. The Labute approximate surface area is 124 Å². The van der Waals surface area contributed by atoms with E-state index in [1.165, 1.54) is 12.1 Å². The van der Waals surface area contributed by atoms with Crippen LogP contribution < -0.4 is 10.5 Å². The van der Waals surface area contributed by atoms with Gasteiger partial charge in [-0.25, -0.2) is 4.39 Å². The van der Waals surface area contributed by atoms with Crippen molar-refractivity contribution in [3.05, 3.63) is 64.1 Å². The zero-order valence-corrected chi connectivity index (χ0v) is 12.4. The van der Waals surface area contributed by atoms with Crippen molar-refractivity contribution < 1.29 is 13.5 Å². The second-order valence-corrected chi connectivity index (χ2v) is 5.42. The predicted octanol–water partition coefficient (Wildman–Crippen LogP) is 4.19. The highest BCUT2D eigenvalue weighted by atomic mass is 79.9. The lowest BCUT2D eigenvalue weighted by molar-refractivity contribution is 0.170. The molecule has 106 valence electrons. The zero-order chi connectivity index (χ0) is 14.7. The van der Waals surface area contributed by atoms with Gasteiger partial charge < -0.3 is 10.5 Å². The van der Waals surface area contributed by atoms with E-state index in [0.29, 0.717) is 0 Å². The van der Waals surface area contributed by atoms with Gasteiger partial charge in [-0.15, -0.1) is 0 Å². The average molecular weight is 342 g/mol. The van der Waals surface area contributed by atoms with Crippen molar-refractivity contribution in [2.75, 3.05) is 0 Å². The van der Waals surface area contributed by atoms with Gasteiger partial charge in [-0.1, -0.05) is 34.1 Å². The van der Waals surface area contributed by atoms with Crippen LogP contribution in [-0.2, 0) is 0 Å². The SMILES string of the molecule is CC(N)C(Oc1cccc(F)c1F)c1cccc(Br)c1. The first-order valence-electron chi connectivity index (χ1n) is 6.10. The number of hydrogen-bond acceptors (Lipinski definition) is 2. The van der Waals surface area contributed by atoms with Crippen molar-refractivity contribution in [1.29, 1.82) is 0 Å². The topological polar surface area (TPSA) is 35.2 Å². The molecule has 0 aliphatic heterocycles. The first-order valence-corrected chi connectivity index (χ1v) is 6.90. The minimum Gasteiger partial charge on any atom is -0.481 e. The first-order chi connectivity index (χ1) is 9.49. The summed E-state index contributed by atoms with van der Waals surface area (Å²) in [7, 11) is 0. The predicted molar refractivity (Wildman–Crippen MR) is 77.5 cm³/mol. The van der Waals surface area contributed by atoms with Crippen molar-refractivity contribution in [2.45, 2.75) is 19.1 Å². The molecule has 0 amide bonds. The maximum atomic E-state index is 13.7. The summed E-state index contributed by atoms with van der Waals surface area (Å²) in [5.41, 5.74) is 6.69. The number of halogens is 3. The van der Waals surface area contributed by atoms with E-state index in [1.54, 1.807) is 6.92 Å². The highest BCUT2D eigenvalue weighted by molar-refractivity contribution is 9.10. The lowest BCUT2D eigenvalue weighted by atomic mass is 10.0. The van der Waals surface area contributed by atoms with E-state index in [4.69, 9.17) is 10.5 Å². The molecule has 0 aliphatic rings. The molecule has 2 aromatic carbocycles. The Morgan fingerprint density at radius 1 is 1.15 bits per heavy atom. The Morgan fingerprint density at radius 3 is 2.50 bits per heavy atom. The van der Waals surface area contributed by atoms with Crippen LogP contribution in [0.1, 0.15) is 18.6 Å². The fourth-order valence-corrected chi connectivity index (χ4v) is 2.29. The third-order valence-corrected chi connectivity index (χ3v) is 3.32. The van der Waals surface area contributed by atoms with Crippen molar-refractivity contribution >= 4 is 15.9 Å². The van der Waals surface area contributed by atoms with E-state index in [-0.39, 0.29) is 11.8 Å². The molecule has 0 saturated carbocycles. The van der Waals surface area contributed by atoms with E-state index in [1.807, 2.05) is 24.3 Å². The second kappa shape index (κ2) is 6.33. The van der Waals surface area contributed by atoms with Gasteiger partial charge in [0.25, 0.3) is 0 Å². The summed E-state index contributed by atoms with van der Waals surface area (Å²) < 4.78 is 33.3. The largest absolute Gasteiger partial charge is 0.481 e. The molecule has 0 saturated heterocycles. The monoisotopic (exact) mass is 341 g/mol. The average Bonchev–Trinajstić information content (AvgIpc) is 2.40. The van der Waals surface area contributed by atoms with Crippen LogP contribution in [0.5, 0.6) is 5.75 Å². The summed E-state index contributed by atoms with van der Waals surface area (Å²) in [5, 5.41) is 0. The van der Waals surface area contributed by atoms with Gasteiger partial charge >= 0.3 is 0 Å². The number of benzene rings is 2. The Morgan fingerprint density at radius 2 is 1.85 bits per heavy atom. The summed E-state index contributed by atoms with van der Waals surface area (Å²) in [4.78, 5) is 0. The standard InChI is InChI=1S/C15H14BrF2NO/c1-9(19)15(10-4-2-5-11(16)8-10)20-13-7-3-6-12(17)14(13)18/h2-9,15H,19H2,1H3. The molecule has 0 aliphatic carbocycles. The quantitative estimate of drug-likeness (QED) is 0.904. The molecular formula is C15H14BrF2NO. The fourth-order valence-electron chi connectivity index (χ4n) is 1.87. The molecule has 0 aromatic heterocycles. The maximum absolute atomic E-state index is 13.7. The highest BCUT2D eigenvalue weighted by Crippen LogP contribution is 2.28. The number of ether oxygens (including phenoxy) is 1. The van der Waals surface area contributed by atoms with Crippen LogP contribution in [-0.4, -0.2) is 6.04 Å². The molecule has 0 fully saturated rings. The smallest absolute Gasteiger partial charge is 0.200 e. The van der Waals surface area contributed by atoms with E-state index >= 15 is 0 Å². The van der Waals surface area contributed by atoms with Crippen LogP contribution in [0.3, 0.4) is 0 Å². The van der Waals surface area contributed by atoms with Gasteiger partial charge in [-0.3, -0.25) is 0 Å². The summed E-state index contributed by atoms with van der Waals surface area (Å²) in [6, 6.07) is 10.8. The van der Waals surface area contributed by atoms with Crippen molar-refractivity contribution in [3.63, 3.8) is 0 Å². The molecule has 2 N–H and O–H groups in total. The van der Waals surface area contributed by atoms with E-state index in [9.17, 15) is 8.78 Å². The molecule has 0 radical (unpaired) electrons.